The molecule has 0 radical (unpaired) electrons. The average Bonchev–Trinajstić information content (AvgIpc) is 2.69. The minimum absolute atomic E-state index is 0.489. The maximum Gasteiger partial charge on any atom is 0.500 e. The zero-order valence-corrected chi connectivity index (χ0v) is 18.7. The number of carbonyl (C=O) groups is 1. The van der Waals surface area contributed by atoms with Crippen molar-refractivity contribution in [2.24, 2.45) is 0 Å². The second-order valence-corrected chi connectivity index (χ2v) is 9.18. The van der Waals surface area contributed by atoms with Crippen LogP contribution in [0.15, 0.2) is 0 Å². The molecule has 0 fully saturated rings. The molecular weight excluding hydrogens is 404 g/mol. The number of rotatable bonds is 17. The molecule has 1 amide bonds. The Balaban J connectivity index is 4.46. The SMILES string of the molecule is CCO[Si](CCCNC(C)NC(=O)[C@H](O)[C@@H](O)[C@H](O)[C@H](O)CO)(OCC)OCC. The van der Waals surface area contributed by atoms with Crippen LogP contribution in [0.5, 0.6) is 0 Å². The van der Waals surface area contributed by atoms with E-state index in [2.05, 4.69) is 10.6 Å². The standard InChI is InChI=1S/C17H38N2O9Si/c1-5-26-29(27-6-2,28-7-3)10-8-9-18-12(4)19-17(25)16(24)15(23)14(22)13(21)11-20/h12-16,18,20-24H,5-11H2,1-4H3,(H,19,25)/t12?,13-,14-,15+,16-/m1/s1. The van der Waals surface area contributed by atoms with Crippen LogP contribution in [0.3, 0.4) is 0 Å². The molecule has 0 heterocycles. The van der Waals surface area contributed by atoms with Gasteiger partial charge in [-0.3, -0.25) is 10.1 Å². The number of hydrogen-bond donors (Lipinski definition) is 7. The van der Waals surface area contributed by atoms with E-state index in [-0.39, 0.29) is 0 Å². The van der Waals surface area contributed by atoms with E-state index in [1.54, 1.807) is 6.92 Å². The Labute approximate surface area is 173 Å². The van der Waals surface area contributed by atoms with Crippen molar-refractivity contribution in [2.45, 2.75) is 70.7 Å². The summed E-state index contributed by atoms with van der Waals surface area (Å²) in [7, 11) is -2.73. The molecule has 0 aliphatic heterocycles. The van der Waals surface area contributed by atoms with Gasteiger partial charge < -0.3 is 44.1 Å². The molecular formula is C17H38N2O9Si. The van der Waals surface area contributed by atoms with Crippen LogP contribution in [0.2, 0.25) is 6.04 Å². The Morgan fingerprint density at radius 3 is 1.93 bits per heavy atom. The molecule has 29 heavy (non-hydrogen) atoms. The molecule has 0 aromatic heterocycles. The van der Waals surface area contributed by atoms with Crippen LogP contribution < -0.4 is 10.6 Å². The summed E-state index contributed by atoms with van der Waals surface area (Å²) in [4.78, 5) is 12.0. The van der Waals surface area contributed by atoms with E-state index in [0.29, 0.717) is 38.8 Å². The summed E-state index contributed by atoms with van der Waals surface area (Å²) < 4.78 is 17.3. The van der Waals surface area contributed by atoms with Gasteiger partial charge in [-0.05, 0) is 40.7 Å². The summed E-state index contributed by atoms with van der Waals surface area (Å²) in [6.45, 7) is 8.45. The molecule has 11 nitrogen and oxygen atoms in total. The first-order chi connectivity index (χ1) is 13.7. The van der Waals surface area contributed by atoms with Crippen LogP contribution in [0.25, 0.3) is 0 Å². The minimum atomic E-state index is -2.73. The lowest BCUT2D eigenvalue weighted by Gasteiger charge is -2.29. The molecule has 0 aromatic rings. The van der Waals surface area contributed by atoms with Crippen LogP contribution in [0, 0.1) is 0 Å². The van der Waals surface area contributed by atoms with Crippen molar-refractivity contribution in [2.75, 3.05) is 33.0 Å². The van der Waals surface area contributed by atoms with Gasteiger partial charge in [0, 0.05) is 25.9 Å². The molecule has 0 rings (SSSR count). The molecule has 0 aliphatic carbocycles. The molecule has 0 saturated carbocycles. The van der Waals surface area contributed by atoms with Gasteiger partial charge in [-0.1, -0.05) is 0 Å². The number of nitrogens with one attached hydrogen (secondary N) is 2. The first-order valence-electron chi connectivity index (χ1n) is 9.96. The largest absolute Gasteiger partial charge is 0.500 e. The summed E-state index contributed by atoms with van der Waals surface area (Å²) in [5.74, 6) is -0.927. The van der Waals surface area contributed by atoms with Gasteiger partial charge in [-0.15, -0.1) is 0 Å². The van der Waals surface area contributed by atoms with E-state index in [0.717, 1.165) is 0 Å². The summed E-state index contributed by atoms with van der Waals surface area (Å²) in [5.41, 5.74) is 0. The number of amides is 1. The van der Waals surface area contributed by atoms with Crippen molar-refractivity contribution >= 4 is 14.7 Å². The van der Waals surface area contributed by atoms with E-state index < -0.39 is 51.9 Å². The van der Waals surface area contributed by atoms with Crippen LogP contribution in [-0.4, -0.2) is 104 Å². The van der Waals surface area contributed by atoms with Gasteiger partial charge in [0.2, 0.25) is 0 Å². The van der Waals surface area contributed by atoms with Crippen LogP contribution >= 0.6 is 0 Å². The van der Waals surface area contributed by atoms with E-state index in [9.17, 15) is 25.2 Å². The minimum Gasteiger partial charge on any atom is -0.394 e. The summed E-state index contributed by atoms with van der Waals surface area (Å²) in [5, 5.41) is 52.7. The highest BCUT2D eigenvalue weighted by Crippen LogP contribution is 2.17. The van der Waals surface area contributed by atoms with Crippen LogP contribution in [0.4, 0.5) is 0 Å². The fourth-order valence-corrected chi connectivity index (χ4v) is 5.26. The van der Waals surface area contributed by atoms with Crippen molar-refractivity contribution < 1.29 is 43.6 Å². The number of hydrogen-bond acceptors (Lipinski definition) is 10. The zero-order chi connectivity index (χ0) is 22.4. The van der Waals surface area contributed by atoms with Gasteiger partial charge in [0.1, 0.15) is 18.3 Å². The third-order valence-electron chi connectivity index (χ3n) is 4.09. The molecule has 7 N–H and O–H groups in total. The molecule has 0 aliphatic rings. The fraction of sp³-hybridized carbons (Fsp3) is 0.941. The first kappa shape index (κ1) is 28.3. The molecule has 0 bridgehead atoms. The van der Waals surface area contributed by atoms with E-state index >= 15 is 0 Å². The number of carbonyl (C=O) groups excluding carboxylic acids is 1. The molecule has 0 saturated heterocycles. The Morgan fingerprint density at radius 2 is 1.48 bits per heavy atom. The topological polar surface area (TPSA) is 170 Å². The normalized spacial score (nSPS) is 17.4. The van der Waals surface area contributed by atoms with E-state index in [1.807, 2.05) is 20.8 Å². The maximum atomic E-state index is 12.0. The number of aliphatic hydroxyl groups excluding tert-OH is 5. The molecule has 0 aromatic carbocycles. The molecule has 174 valence electrons. The summed E-state index contributed by atoms with van der Waals surface area (Å²) in [6, 6.07) is 0.600. The summed E-state index contributed by atoms with van der Waals surface area (Å²) >= 11 is 0. The predicted molar refractivity (Wildman–Crippen MR) is 107 cm³/mol. The quantitative estimate of drug-likeness (QED) is 0.0753. The van der Waals surface area contributed by atoms with Gasteiger partial charge in [0.15, 0.2) is 6.10 Å². The fourth-order valence-electron chi connectivity index (χ4n) is 2.65. The van der Waals surface area contributed by atoms with Gasteiger partial charge in [-0.2, -0.15) is 0 Å². The second-order valence-electron chi connectivity index (χ2n) is 6.45. The molecule has 5 atom stereocenters. The molecule has 12 heteroatoms. The summed E-state index contributed by atoms with van der Waals surface area (Å²) in [6.07, 6.45) is -7.32. The lowest BCUT2D eigenvalue weighted by atomic mass is 10.0. The highest BCUT2D eigenvalue weighted by atomic mass is 28.4. The van der Waals surface area contributed by atoms with Gasteiger partial charge in [0.05, 0.1) is 12.8 Å². The van der Waals surface area contributed by atoms with Crippen LogP contribution in [0.1, 0.15) is 34.1 Å². The van der Waals surface area contributed by atoms with Crippen LogP contribution in [-0.2, 0) is 18.1 Å². The first-order valence-corrected chi connectivity index (χ1v) is 11.9. The average molecular weight is 443 g/mol. The Morgan fingerprint density at radius 1 is 0.966 bits per heavy atom. The Bertz CT molecular complexity index is 430. The lowest BCUT2D eigenvalue weighted by Crippen LogP contribution is -2.55. The predicted octanol–water partition coefficient (Wildman–Crippen LogP) is -2.09. The monoisotopic (exact) mass is 442 g/mol. The Hall–Kier alpha value is -0.673. The smallest absolute Gasteiger partial charge is 0.394 e. The second kappa shape index (κ2) is 15.2. The highest BCUT2D eigenvalue weighted by molar-refractivity contribution is 6.60. The van der Waals surface area contributed by atoms with E-state index in [1.165, 1.54) is 0 Å². The lowest BCUT2D eigenvalue weighted by molar-refractivity contribution is -0.149. The maximum absolute atomic E-state index is 12.0. The van der Waals surface area contributed by atoms with Crippen molar-refractivity contribution in [3.63, 3.8) is 0 Å². The molecule has 0 spiro atoms. The van der Waals surface area contributed by atoms with Crippen molar-refractivity contribution in [1.82, 2.24) is 10.6 Å². The van der Waals surface area contributed by atoms with Gasteiger partial charge >= 0.3 is 8.80 Å². The van der Waals surface area contributed by atoms with E-state index in [4.69, 9.17) is 18.4 Å². The van der Waals surface area contributed by atoms with Gasteiger partial charge in [0.25, 0.3) is 5.91 Å². The third-order valence-corrected chi connectivity index (χ3v) is 7.24. The third kappa shape index (κ3) is 10.3. The number of aliphatic hydroxyl groups is 5. The van der Waals surface area contributed by atoms with Crippen molar-refractivity contribution in [3.8, 4) is 0 Å². The van der Waals surface area contributed by atoms with Gasteiger partial charge in [-0.25, -0.2) is 0 Å². The van der Waals surface area contributed by atoms with Crippen molar-refractivity contribution in [1.29, 1.82) is 0 Å². The van der Waals surface area contributed by atoms with Crippen molar-refractivity contribution in [3.05, 3.63) is 0 Å². The Kier molecular flexibility index (Phi) is 14.8. The molecule has 1 unspecified atom stereocenters. The highest BCUT2D eigenvalue weighted by Gasteiger charge is 2.39. The zero-order valence-electron chi connectivity index (χ0n) is 17.7.